The molecule has 2 aliphatic heterocycles. The van der Waals surface area contributed by atoms with E-state index in [1.807, 2.05) is 13.8 Å². The Kier molecular flexibility index (Phi) is 34.4. The zero-order valence-electron chi connectivity index (χ0n) is 52.3. The molecule has 23 unspecified atom stereocenters. The molecule has 506 valence electrons. The lowest BCUT2D eigenvalue weighted by Gasteiger charge is -2.47. The number of carbonyl (C=O) groups is 2. The van der Waals surface area contributed by atoms with Crippen LogP contribution in [0.15, 0.2) is 23.0 Å². The third kappa shape index (κ3) is 23.4. The van der Waals surface area contributed by atoms with Crippen molar-refractivity contribution in [2.75, 3.05) is 13.6 Å². The highest BCUT2D eigenvalue weighted by molar-refractivity contribution is 6.25. The molecule has 0 aromatic carbocycles. The summed E-state index contributed by atoms with van der Waals surface area (Å²) in [6, 6.07) is 0. The van der Waals surface area contributed by atoms with Crippen LogP contribution in [0.4, 0.5) is 0 Å². The van der Waals surface area contributed by atoms with Crippen molar-refractivity contribution in [1.82, 2.24) is 4.90 Å². The van der Waals surface area contributed by atoms with E-state index in [2.05, 4.69) is 6.92 Å². The summed E-state index contributed by atoms with van der Waals surface area (Å²) in [5.74, 6) is -9.30. The van der Waals surface area contributed by atoms with Crippen molar-refractivity contribution in [3.63, 3.8) is 0 Å². The van der Waals surface area contributed by atoms with Crippen molar-refractivity contribution in [1.29, 1.82) is 0 Å². The first-order valence-electron chi connectivity index (χ1n) is 31.1. The first-order chi connectivity index (χ1) is 39.8. The molecule has 2 saturated heterocycles. The van der Waals surface area contributed by atoms with E-state index < -0.39 is 201 Å². The summed E-state index contributed by atoms with van der Waals surface area (Å²) < 4.78 is 5.50. The summed E-state index contributed by atoms with van der Waals surface area (Å²) in [5.41, 5.74) is 0.0779. The largest absolute Gasteiger partial charge is 0.507 e. The number of hydrogen-bond donors (Lipinski definition) is 21. The summed E-state index contributed by atoms with van der Waals surface area (Å²) in [6.45, 7) is 14.6. The van der Waals surface area contributed by atoms with E-state index in [9.17, 15) is 117 Å². The molecule has 0 aromatic rings. The van der Waals surface area contributed by atoms with Gasteiger partial charge in [-0.05, 0) is 62.9 Å². The Balaban J connectivity index is 1.88. The fraction of sp³-hybridized carbons (Fsp3) is 0.902. The highest BCUT2D eigenvalue weighted by atomic mass is 16.7. The maximum atomic E-state index is 12.3. The van der Waals surface area contributed by atoms with Crippen LogP contribution in [-0.2, 0) is 14.3 Å². The van der Waals surface area contributed by atoms with Gasteiger partial charge in [-0.2, -0.15) is 0 Å². The molecular weight excluding hydrogens is 1130 g/mol. The zero-order valence-corrected chi connectivity index (χ0v) is 52.3. The molecular formula is C61H113NO24. The lowest BCUT2D eigenvalue weighted by molar-refractivity contribution is -0.356. The Labute approximate surface area is 507 Å². The van der Waals surface area contributed by atoms with E-state index in [-0.39, 0.29) is 49.0 Å². The van der Waals surface area contributed by atoms with Gasteiger partial charge in [0.25, 0.3) is 5.91 Å². The number of allylic oxidation sites excluding steroid dienone is 2. The molecule has 21 N–H and O–H groups in total. The number of aliphatic hydroxyl groups excluding tert-OH is 20. The fourth-order valence-corrected chi connectivity index (χ4v) is 12.2. The Hall–Kier alpha value is -2.42. The Morgan fingerprint density at radius 3 is 1.52 bits per heavy atom. The number of aliphatic hydroxyl groups is 21. The molecule has 0 saturated carbocycles. The lowest BCUT2D eigenvalue weighted by Crippen LogP contribution is -2.65. The van der Waals surface area contributed by atoms with Gasteiger partial charge < -0.3 is 117 Å². The smallest absolute Gasteiger partial charge is 0.261 e. The van der Waals surface area contributed by atoms with Gasteiger partial charge in [-0.3, -0.25) is 9.59 Å². The van der Waals surface area contributed by atoms with Gasteiger partial charge in [0.1, 0.15) is 48.0 Å². The molecule has 0 aliphatic carbocycles. The van der Waals surface area contributed by atoms with E-state index in [4.69, 9.17) is 4.74 Å². The van der Waals surface area contributed by atoms with Crippen LogP contribution in [0.2, 0.25) is 0 Å². The number of hydrogen-bond acceptors (Lipinski definition) is 24. The van der Waals surface area contributed by atoms with E-state index in [0.717, 1.165) is 38.5 Å². The summed E-state index contributed by atoms with van der Waals surface area (Å²) in [4.78, 5) is 25.8. The predicted molar refractivity (Wildman–Crippen MR) is 314 cm³/mol. The van der Waals surface area contributed by atoms with Crippen molar-refractivity contribution >= 4 is 11.7 Å². The van der Waals surface area contributed by atoms with Crippen molar-refractivity contribution in [2.24, 2.45) is 41.4 Å². The monoisotopic (exact) mass is 1240 g/mol. The first-order valence-corrected chi connectivity index (χ1v) is 31.1. The third-order valence-electron chi connectivity index (χ3n) is 18.3. The fourth-order valence-electron chi connectivity index (χ4n) is 12.2. The summed E-state index contributed by atoms with van der Waals surface area (Å²) in [7, 11) is 1.46. The minimum Gasteiger partial charge on any atom is -0.507 e. The Morgan fingerprint density at radius 1 is 0.547 bits per heavy atom. The van der Waals surface area contributed by atoms with Gasteiger partial charge >= 0.3 is 0 Å². The summed E-state index contributed by atoms with van der Waals surface area (Å²) in [6.07, 6.45) is -28.1. The van der Waals surface area contributed by atoms with Crippen molar-refractivity contribution in [3.05, 3.63) is 23.0 Å². The highest BCUT2D eigenvalue weighted by Gasteiger charge is 2.54. The number of likely N-dealkylation sites (tertiary alicyclic amines) is 1. The Bertz CT molecular complexity index is 2040. The van der Waals surface area contributed by atoms with E-state index in [0.29, 0.717) is 18.4 Å². The molecule has 28 atom stereocenters. The number of amides is 1. The Morgan fingerprint density at radius 2 is 1.00 bits per heavy atom. The predicted octanol–water partition coefficient (Wildman–Crippen LogP) is -1.56. The zero-order chi connectivity index (χ0) is 66.0. The normalized spacial score (nSPS) is 28.7. The second-order valence-electron chi connectivity index (χ2n) is 26.0. The van der Waals surface area contributed by atoms with Gasteiger partial charge in [0.2, 0.25) is 0 Å². The number of likely N-dealkylation sites (N-methyl/N-ethyl adjacent to an activating group) is 1. The van der Waals surface area contributed by atoms with Gasteiger partial charge in [-0.15, -0.1) is 0 Å². The van der Waals surface area contributed by atoms with E-state index >= 15 is 0 Å². The van der Waals surface area contributed by atoms with Gasteiger partial charge in [-0.1, -0.05) is 106 Å². The van der Waals surface area contributed by atoms with Crippen LogP contribution in [0, 0.1) is 41.4 Å². The second-order valence-corrected chi connectivity index (χ2v) is 26.0. The molecule has 0 radical (unpaired) electrons. The topological polar surface area (TPSA) is 471 Å². The summed E-state index contributed by atoms with van der Waals surface area (Å²) in [5, 5.41) is 229. The van der Waals surface area contributed by atoms with Crippen LogP contribution < -0.4 is 0 Å². The molecule has 2 heterocycles. The lowest BCUT2D eigenvalue weighted by atomic mass is 9.77. The first kappa shape index (κ1) is 79.7. The van der Waals surface area contributed by atoms with Gasteiger partial charge in [0, 0.05) is 55.9 Å². The molecule has 86 heavy (non-hydrogen) atoms. The molecule has 2 fully saturated rings. The van der Waals surface area contributed by atoms with E-state index in [1.165, 1.54) is 46.6 Å². The van der Waals surface area contributed by atoms with Gasteiger partial charge in [-0.25, -0.2) is 0 Å². The molecule has 0 aromatic heterocycles. The molecule has 0 spiro atoms. The van der Waals surface area contributed by atoms with Gasteiger partial charge in [0.15, 0.2) is 11.6 Å². The number of carbonyl (C=O) groups excluding carboxylic acids is 2. The second kappa shape index (κ2) is 37.2. The number of unbranched alkanes of at least 4 members (excludes halogenated alkanes) is 6. The van der Waals surface area contributed by atoms with Crippen LogP contribution in [0.1, 0.15) is 165 Å². The van der Waals surface area contributed by atoms with Crippen LogP contribution in [0.3, 0.4) is 0 Å². The van der Waals surface area contributed by atoms with Crippen molar-refractivity contribution in [3.8, 4) is 0 Å². The molecule has 0 bridgehead atoms. The number of rotatable bonds is 41. The minimum absolute atomic E-state index is 0.114. The number of Topliss-reactive ketones (excluding diaryl/α,β-unsaturated/α-hetero) is 1. The maximum absolute atomic E-state index is 12.3. The third-order valence-corrected chi connectivity index (χ3v) is 18.3. The van der Waals surface area contributed by atoms with Crippen LogP contribution in [0.5, 0.6) is 0 Å². The maximum Gasteiger partial charge on any atom is 0.261 e. The average Bonchev–Trinajstić information content (AvgIpc) is 1.09. The van der Waals surface area contributed by atoms with E-state index in [1.54, 1.807) is 13.0 Å². The number of ketones is 1. The molecule has 1 amide bonds. The minimum atomic E-state index is -2.59. The number of ether oxygens (including phenoxy) is 1. The number of nitrogens with zero attached hydrogens (tertiary/aromatic N) is 1. The van der Waals surface area contributed by atoms with Crippen LogP contribution in [0.25, 0.3) is 0 Å². The van der Waals surface area contributed by atoms with Crippen molar-refractivity contribution < 1.29 is 122 Å². The molecule has 2 aliphatic rings. The quantitative estimate of drug-likeness (QED) is 0.0143. The SMILES string of the molecule is CCCCCCCCCC(O)C[C@]1(O)O[C@H](CC(O)C(O)C(O)C(O)C(O)CC(O)CC(O)CC(O)C(C)C(O)C(C)C(O)CC(O)C(C)C(O)C(C)C(O)C(C)C(O)C(O)CC(C)CC(C)/C=C(C)\C(O)=C2\C(=O)CN(C)C2=O)[C@@H](O)[C@H](O)[C@@H]1O. The average molecular weight is 1240 g/mol. The highest BCUT2D eigenvalue weighted by Crippen LogP contribution is 2.36. The van der Waals surface area contributed by atoms with Crippen LogP contribution >= 0.6 is 0 Å². The van der Waals surface area contributed by atoms with Crippen molar-refractivity contribution in [2.45, 2.75) is 293 Å². The van der Waals surface area contributed by atoms with Crippen LogP contribution in [-0.4, -0.2) is 265 Å². The van der Waals surface area contributed by atoms with Gasteiger partial charge in [0.05, 0.1) is 92.0 Å². The molecule has 25 heteroatoms. The summed E-state index contributed by atoms with van der Waals surface area (Å²) >= 11 is 0. The molecule has 25 nitrogen and oxygen atoms in total. The standard InChI is InChI=1S/C61H113NO24/c1-11-12-13-14-15-16-17-18-37(63)27-61(85)59(83)58(82)56(80)47(86-61)26-45(71)55(79)57(81)54(78)44(70)24-39(65)22-38(64)23-40(66)32(5)50(74)33(6)41(67)25-42(68)34(7)51(75)35(8)52(76)36(9)53(77)43(69)21-30(3)19-29(2)20-31(4)49(73)48-46(72)28-62(10)60(48)84/h20,29-30,32-45,47,50-59,63-71,73-83,85H,11-19,21-28H2,1-10H3/b31-20-,49-48+/t29?,30?,32?,33?,34?,35?,36?,37?,38?,39?,40?,41?,42?,43?,44?,45?,47-,50?,51?,52?,53?,54?,55?,56-,57?,58+,59+,61+/m1/s1. The molecule has 2 rings (SSSR count).